The van der Waals surface area contributed by atoms with E-state index in [1.54, 1.807) is 4.90 Å². The Hall–Kier alpha value is -1.57. The summed E-state index contributed by atoms with van der Waals surface area (Å²) in [6.45, 7) is 5.87. The molecule has 1 amide bonds. The molecule has 0 radical (unpaired) electrons. The van der Waals surface area contributed by atoms with E-state index >= 15 is 0 Å². The van der Waals surface area contributed by atoms with E-state index in [1.165, 1.54) is 0 Å². The summed E-state index contributed by atoms with van der Waals surface area (Å²) < 4.78 is 26.8. The average molecular weight is 367 g/mol. The van der Waals surface area contributed by atoms with Gasteiger partial charge in [0.2, 0.25) is 0 Å². The fourth-order valence-corrected chi connectivity index (χ4v) is 3.99. The van der Waals surface area contributed by atoms with Crippen LogP contribution in [0.5, 0.6) is 0 Å². The van der Waals surface area contributed by atoms with Crippen LogP contribution in [-0.2, 0) is 0 Å². The number of amides is 1. The molecule has 2 aliphatic heterocycles. The van der Waals surface area contributed by atoms with Crippen LogP contribution in [-0.4, -0.2) is 85.2 Å². The van der Waals surface area contributed by atoms with Crippen LogP contribution in [0.4, 0.5) is 8.78 Å². The van der Waals surface area contributed by atoms with Crippen molar-refractivity contribution in [3.63, 3.8) is 0 Å². The average Bonchev–Trinajstić information content (AvgIpc) is 2.89. The van der Waals surface area contributed by atoms with Crippen molar-refractivity contribution in [3.05, 3.63) is 35.4 Å². The summed E-state index contributed by atoms with van der Waals surface area (Å²) in [6.07, 6.45) is 1.11. The number of carbonyl (C=O) groups is 1. The van der Waals surface area contributed by atoms with Crippen LogP contribution in [0, 0.1) is 23.5 Å². The van der Waals surface area contributed by atoms with E-state index < -0.39 is 11.6 Å². The van der Waals surface area contributed by atoms with Gasteiger partial charge in [0, 0.05) is 56.9 Å². The Bertz CT molecular complexity index is 623. The molecule has 2 saturated heterocycles. The Labute approximate surface area is 153 Å². The minimum absolute atomic E-state index is 0.00154. The lowest BCUT2D eigenvalue weighted by molar-refractivity contribution is 0.0778. The van der Waals surface area contributed by atoms with Crippen molar-refractivity contribution in [2.75, 3.05) is 59.5 Å². The number of hydrogen-bond donors (Lipinski definition) is 1. The van der Waals surface area contributed by atoms with Gasteiger partial charge in [0.25, 0.3) is 5.91 Å². The molecule has 0 aliphatic carbocycles. The maximum atomic E-state index is 13.4. The normalized spacial score (nSPS) is 25.5. The fourth-order valence-electron chi connectivity index (χ4n) is 3.99. The summed E-state index contributed by atoms with van der Waals surface area (Å²) in [5.74, 6) is -1.71. The number of likely N-dealkylation sites (N-methyl/N-ethyl adjacent to an activating group) is 1. The second-order valence-corrected chi connectivity index (χ2v) is 7.53. The summed E-state index contributed by atoms with van der Waals surface area (Å²) in [4.78, 5) is 19.0. The molecule has 2 fully saturated rings. The van der Waals surface area contributed by atoms with Gasteiger partial charge in [-0.3, -0.25) is 4.79 Å². The summed E-state index contributed by atoms with van der Waals surface area (Å²) in [6, 6.07) is 2.89. The zero-order chi connectivity index (χ0) is 18.7. The fraction of sp³-hybridized carbons (Fsp3) is 0.632. The van der Waals surface area contributed by atoms with Gasteiger partial charge >= 0.3 is 0 Å². The maximum Gasteiger partial charge on any atom is 0.254 e. The summed E-state index contributed by atoms with van der Waals surface area (Å²) in [5.41, 5.74) is 0.0243. The van der Waals surface area contributed by atoms with Gasteiger partial charge in [-0.15, -0.1) is 0 Å². The third-order valence-corrected chi connectivity index (χ3v) is 5.51. The molecule has 1 N–H and O–H groups in total. The largest absolute Gasteiger partial charge is 0.396 e. The molecule has 5 nitrogen and oxygen atoms in total. The van der Waals surface area contributed by atoms with Crippen LogP contribution in [0.3, 0.4) is 0 Å². The van der Waals surface area contributed by atoms with Gasteiger partial charge in [-0.25, -0.2) is 8.78 Å². The first-order valence-electron chi connectivity index (χ1n) is 9.23. The number of aliphatic hydroxyl groups is 1. The SMILES string of the molecule is CN1CCCN(C[C@@H]2CN(C(=O)c3cc(F)cc(F)c3)C[C@@H]2CO)CC1. The van der Waals surface area contributed by atoms with E-state index in [0.717, 1.165) is 57.3 Å². The minimum atomic E-state index is -0.753. The highest BCUT2D eigenvalue weighted by Gasteiger charge is 2.36. The maximum absolute atomic E-state index is 13.4. The second-order valence-electron chi connectivity index (χ2n) is 7.53. The van der Waals surface area contributed by atoms with Gasteiger partial charge in [-0.05, 0) is 44.6 Å². The molecule has 2 aliphatic rings. The molecule has 2 atom stereocenters. The molecular formula is C19H27F2N3O2. The van der Waals surface area contributed by atoms with Gasteiger partial charge in [0.1, 0.15) is 11.6 Å². The Morgan fingerprint density at radius 3 is 2.46 bits per heavy atom. The number of rotatable bonds is 4. The predicted octanol–water partition coefficient (Wildman–Crippen LogP) is 1.28. The Kier molecular flexibility index (Phi) is 6.21. The lowest BCUT2D eigenvalue weighted by Gasteiger charge is -2.26. The number of nitrogens with zero attached hydrogens (tertiary/aromatic N) is 3. The third-order valence-electron chi connectivity index (χ3n) is 5.51. The Morgan fingerprint density at radius 2 is 1.77 bits per heavy atom. The number of aliphatic hydroxyl groups excluding tert-OH is 1. The molecule has 0 unspecified atom stereocenters. The smallest absolute Gasteiger partial charge is 0.254 e. The number of carbonyl (C=O) groups excluding carboxylic acids is 1. The molecule has 144 valence electrons. The van der Waals surface area contributed by atoms with Gasteiger partial charge in [0.15, 0.2) is 0 Å². The van der Waals surface area contributed by atoms with Crippen molar-refractivity contribution in [1.82, 2.24) is 14.7 Å². The van der Waals surface area contributed by atoms with Crippen LogP contribution in [0.2, 0.25) is 0 Å². The number of benzene rings is 1. The highest BCUT2D eigenvalue weighted by atomic mass is 19.1. The van der Waals surface area contributed by atoms with Crippen molar-refractivity contribution >= 4 is 5.91 Å². The Balaban J connectivity index is 1.65. The number of hydrogen-bond acceptors (Lipinski definition) is 4. The first kappa shape index (κ1) is 19.2. The van der Waals surface area contributed by atoms with Gasteiger partial charge in [-0.2, -0.15) is 0 Å². The molecule has 1 aromatic rings. The first-order valence-corrected chi connectivity index (χ1v) is 9.23. The minimum Gasteiger partial charge on any atom is -0.396 e. The lowest BCUT2D eigenvalue weighted by atomic mass is 9.96. The second kappa shape index (κ2) is 8.41. The van der Waals surface area contributed by atoms with E-state index in [2.05, 4.69) is 16.8 Å². The van der Waals surface area contributed by atoms with Crippen LogP contribution in [0.25, 0.3) is 0 Å². The Morgan fingerprint density at radius 1 is 1.08 bits per heavy atom. The molecule has 2 heterocycles. The van der Waals surface area contributed by atoms with Crippen molar-refractivity contribution in [3.8, 4) is 0 Å². The summed E-state index contributed by atoms with van der Waals surface area (Å²) in [7, 11) is 2.12. The molecule has 0 spiro atoms. The zero-order valence-corrected chi connectivity index (χ0v) is 15.2. The number of halogens is 2. The molecule has 1 aromatic carbocycles. The zero-order valence-electron chi connectivity index (χ0n) is 15.2. The molecule has 3 rings (SSSR count). The molecule has 0 aromatic heterocycles. The molecule has 0 bridgehead atoms. The van der Waals surface area contributed by atoms with Crippen LogP contribution >= 0.6 is 0 Å². The van der Waals surface area contributed by atoms with E-state index in [1.807, 2.05) is 0 Å². The van der Waals surface area contributed by atoms with Gasteiger partial charge in [0.05, 0.1) is 0 Å². The van der Waals surface area contributed by atoms with Gasteiger partial charge in [-0.1, -0.05) is 0 Å². The number of likely N-dealkylation sites (tertiary alicyclic amines) is 1. The van der Waals surface area contributed by atoms with Crippen molar-refractivity contribution in [2.45, 2.75) is 6.42 Å². The van der Waals surface area contributed by atoms with Crippen molar-refractivity contribution in [2.24, 2.45) is 11.8 Å². The summed E-state index contributed by atoms with van der Waals surface area (Å²) in [5, 5.41) is 9.74. The van der Waals surface area contributed by atoms with E-state index in [4.69, 9.17) is 0 Å². The van der Waals surface area contributed by atoms with E-state index in [9.17, 15) is 18.7 Å². The van der Waals surface area contributed by atoms with Crippen LogP contribution in [0.1, 0.15) is 16.8 Å². The quantitative estimate of drug-likeness (QED) is 0.871. The molecular weight excluding hydrogens is 340 g/mol. The summed E-state index contributed by atoms with van der Waals surface area (Å²) >= 11 is 0. The van der Waals surface area contributed by atoms with Crippen LogP contribution in [0.15, 0.2) is 18.2 Å². The monoisotopic (exact) mass is 367 g/mol. The van der Waals surface area contributed by atoms with E-state index in [-0.39, 0.29) is 29.9 Å². The lowest BCUT2D eigenvalue weighted by Crippen LogP contribution is -2.36. The topological polar surface area (TPSA) is 47.0 Å². The van der Waals surface area contributed by atoms with Crippen molar-refractivity contribution < 1.29 is 18.7 Å². The predicted molar refractivity (Wildman–Crippen MR) is 94.9 cm³/mol. The first-order chi connectivity index (χ1) is 12.5. The van der Waals surface area contributed by atoms with Gasteiger partial charge < -0.3 is 19.8 Å². The third kappa shape index (κ3) is 4.58. The molecule has 0 saturated carbocycles. The molecule has 26 heavy (non-hydrogen) atoms. The van der Waals surface area contributed by atoms with E-state index in [0.29, 0.717) is 13.1 Å². The highest BCUT2D eigenvalue weighted by molar-refractivity contribution is 5.94. The highest BCUT2D eigenvalue weighted by Crippen LogP contribution is 2.26. The standard InChI is InChI=1S/C19H27F2N3O2/c1-22-3-2-4-23(6-5-22)10-15-11-24(12-16(15)13-25)19(26)14-7-17(20)9-18(21)8-14/h7-9,15-16,25H,2-6,10-13H2,1H3/t15-,16-/m1/s1. The molecule has 7 heteroatoms. The van der Waals surface area contributed by atoms with Crippen LogP contribution < -0.4 is 0 Å². The van der Waals surface area contributed by atoms with Crippen molar-refractivity contribution in [1.29, 1.82) is 0 Å².